The number of piperazine rings is 1. The highest BCUT2D eigenvalue weighted by molar-refractivity contribution is 5.73. The van der Waals surface area contributed by atoms with Crippen molar-refractivity contribution in [1.82, 2.24) is 20.5 Å². The van der Waals surface area contributed by atoms with Crippen molar-refractivity contribution >= 4 is 11.8 Å². The number of aromatic nitrogens is 1. The van der Waals surface area contributed by atoms with E-state index in [-0.39, 0.29) is 6.03 Å². The number of rotatable bonds is 5. The summed E-state index contributed by atoms with van der Waals surface area (Å²) in [5.74, 6) is 1.00. The number of nitrogens with one attached hydrogen (secondary N) is 2. The lowest BCUT2D eigenvalue weighted by molar-refractivity contribution is 0.240. The van der Waals surface area contributed by atoms with Gasteiger partial charge in [-0.2, -0.15) is 0 Å². The Kier molecular flexibility index (Phi) is 5.85. The summed E-state index contributed by atoms with van der Waals surface area (Å²) in [6.07, 6.45) is 1.84. The molecule has 0 spiro atoms. The number of likely N-dealkylation sites (N-methyl/N-ethyl adjacent to an activating group) is 1. The molecule has 6 nitrogen and oxygen atoms in total. The third kappa shape index (κ3) is 5.19. The molecule has 132 valence electrons. The van der Waals surface area contributed by atoms with E-state index in [2.05, 4.69) is 32.5 Å². The number of pyridine rings is 1. The van der Waals surface area contributed by atoms with Gasteiger partial charge in [0.25, 0.3) is 0 Å². The highest BCUT2D eigenvalue weighted by atomic mass is 16.2. The number of carbonyl (C=O) groups excluding carboxylic acids is 1. The average Bonchev–Trinajstić information content (AvgIpc) is 2.67. The van der Waals surface area contributed by atoms with Crippen molar-refractivity contribution in [3.63, 3.8) is 0 Å². The van der Waals surface area contributed by atoms with Crippen LogP contribution in [-0.4, -0.2) is 49.1 Å². The number of amides is 2. The highest BCUT2D eigenvalue weighted by Gasteiger charge is 2.14. The lowest BCUT2D eigenvalue weighted by Crippen LogP contribution is -2.44. The van der Waals surface area contributed by atoms with Crippen LogP contribution >= 0.6 is 0 Å². The zero-order valence-electron chi connectivity index (χ0n) is 14.6. The third-order valence-electron chi connectivity index (χ3n) is 4.39. The first kappa shape index (κ1) is 17.2. The first-order valence-electron chi connectivity index (χ1n) is 8.65. The maximum Gasteiger partial charge on any atom is 0.315 e. The van der Waals surface area contributed by atoms with Crippen molar-refractivity contribution in [3.05, 3.63) is 59.8 Å². The Bertz CT molecular complexity index is 666. The Hall–Kier alpha value is -2.60. The summed E-state index contributed by atoms with van der Waals surface area (Å²) in [6, 6.07) is 13.7. The molecule has 1 aromatic heterocycles. The summed E-state index contributed by atoms with van der Waals surface area (Å²) in [4.78, 5) is 21.0. The van der Waals surface area contributed by atoms with Gasteiger partial charge < -0.3 is 20.4 Å². The van der Waals surface area contributed by atoms with Crippen molar-refractivity contribution in [3.8, 4) is 0 Å². The van der Waals surface area contributed by atoms with E-state index in [1.165, 1.54) is 0 Å². The third-order valence-corrected chi connectivity index (χ3v) is 4.39. The van der Waals surface area contributed by atoms with E-state index < -0.39 is 0 Å². The minimum atomic E-state index is -0.174. The largest absolute Gasteiger partial charge is 0.354 e. The Morgan fingerprint density at radius 3 is 2.28 bits per heavy atom. The van der Waals surface area contributed by atoms with Crippen LogP contribution in [0.15, 0.2) is 48.7 Å². The predicted molar refractivity (Wildman–Crippen MR) is 99.5 cm³/mol. The molecule has 2 heterocycles. The van der Waals surface area contributed by atoms with Crippen molar-refractivity contribution in [2.75, 3.05) is 38.1 Å². The molecule has 0 bridgehead atoms. The van der Waals surface area contributed by atoms with Gasteiger partial charge in [-0.15, -0.1) is 0 Å². The lowest BCUT2D eigenvalue weighted by Gasteiger charge is -2.33. The molecule has 1 aliphatic rings. The number of carbonyl (C=O) groups is 1. The SMILES string of the molecule is CN1CCN(c2ccc(CNC(=O)NCc3ccccc3)cn2)CC1. The van der Waals surface area contributed by atoms with Crippen LogP contribution in [0.1, 0.15) is 11.1 Å². The van der Waals surface area contributed by atoms with Gasteiger partial charge in [0, 0.05) is 45.5 Å². The minimum Gasteiger partial charge on any atom is -0.354 e. The molecule has 2 aromatic rings. The topological polar surface area (TPSA) is 60.5 Å². The van der Waals surface area contributed by atoms with E-state index in [0.717, 1.165) is 43.1 Å². The summed E-state index contributed by atoms with van der Waals surface area (Å²) in [5.41, 5.74) is 2.07. The maximum atomic E-state index is 11.9. The molecule has 2 amide bonds. The van der Waals surface area contributed by atoms with Crippen LogP contribution in [0, 0.1) is 0 Å². The van der Waals surface area contributed by atoms with Crippen LogP contribution in [0.5, 0.6) is 0 Å². The zero-order valence-corrected chi connectivity index (χ0v) is 14.6. The van der Waals surface area contributed by atoms with Crippen LogP contribution in [0.25, 0.3) is 0 Å². The van der Waals surface area contributed by atoms with Crippen molar-refractivity contribution in [2.45, 2.75) is 13.1 Å². The number of nitrogens with zero attached hydrogens (tertiary/aromatic N) is 3. The Morgan fingerprint density at radius 2 is 1.64 bits per heavy atom. The summed E-state index contributed by atoms with van der Waals surface area (Å²) in [5, 5.41) is 5.72. The molecule has 1 aliphatic heterocycles. The average molecular weight is 339 g/mol. The van der Waals surface area contributed by atoms with Gasteiger partial charge in [-0.05, 0) is 24.2 Å². The molecule has 0 atom stereocenters. The van der Waals surface area contributed by atoms with Gasteiger partial charge >= 0.3 is 6.03 Å². The first-order chi connectivity index (χ1) is 12.2. The molecular formula is C19H25N5O. The number of anilines is 1. The lowest BCUT2D eigenvalue weighted by atomic mass is 10.2. The van der Waals surface area contributed by atoms with Crippen molar-refractivity contribution in [1.29, 1.82) is 0 Å². The molecule has 0 aliphatic carbocycles. The second-order valence-electron chi connectivity index (χ2n) is 6.34. The van der Waals surface area contributed by atoms with Crippen LogP contribution < -0.4 is 15.5 Å². The second-order valence-corrected chi connectivity index (χ2v) is 6.34. The van der Waals surface area contributed by atoms with Crippen LogP contribution in [0.2, 0.25) is 0 Å². The predicted octanol–water partition coefficient (Wildman–Crippen LogP) is 1.83. The van der Waals surface area contributed by atoms with Crippen molar-refractivity contribution in [2.24, 2.45) is 0 Å². The van der Waals surface area contributed by atoms with E-state index in [0.29, 0.717) is 13.1 Å². The summed E-state index contributed by atoms with van der Waals surface area (Å²) in [7, 11) is 2.14. The van der Waals surface area contributed by atoms with E-state index in [9.17, 15) is 4.79 Å². The summed E-state index contributed by atoms with van der Waals surface area (Å²) < 4.78 is 0. The highest BCUT2D eigenvalue weighted by Crippen LogP contribution is 2.13. The van der Waals surface area contributed by atoms with E-state index in [1.807, 2.05) is 48.7 Å². The van der Waals surface area contributed by atoms with Gasteiger partial charge in [0.2, 0.25) is 0 Å². The molecule has 0 radical (unpaired) electrons. The minimum absolute atomic E-state index is 0.174. The number of hydrogen-bond acceptors (Lipinski definition) is 4. The number of urea groups is 1. The smallest absolute Gasteiger partial charge is 0.315 e. The van der Waals surface area contributed by atoms with Gasteiger partial charge in [-0.3, -0.25) is 0 Å². The summed E-state index contributed by atoms with van der Waals surface area (Å²) in [6.45, 7) is 5.12. The van der Waals surface area contributed by atoms with Crippen LogP contribution in [-0.2, 0) is 13.1 Å². The quantitative estimate of drug-likeness (QED) is 0.873. The molecule has 1 fully saturated rings. The Balaban J connectivity index is 1.43. The molecule has 6 heteroatoms. The molecule has 0 saturated carbocycles. The maximum absolute atomic E-state index is 11.9. The molecule has 3 rings (SSSR count). The van der Waals surface area contributed by atoms with Crippen molar-refractivity contribution < 1.29 is 4.79 Å². The van der Waals surface area contributed by atoms with E-state index >= 15 is 0 Å². The monoisotopic (exact) mass is 339 g/mol. The second kappa shape index (κ2) is 8.48. The Labute approximate surface area is 148 Å². The van der Waals surface area contributed by atoms with Gasteiger partial charge in [0.1, 0.15) is 5.82 Å². The molecule has 2 N–H and O–H groups in total. The molecule has 25 heavy (non-hydrogen) atoms. The van der Waals surface area contributed by atoms with Gasteiger partial charge in [0.15, 0.2) is 0 Å². The molecule has 0 unspecified atom stereocenters. The molecule has 1 saturated heterocycles. The number of benzene rings is 1. The Morgan fingerprint density at radius 1 is 0.960 bits per heavy atom. The summed E-state index contributed by atoms with van der Waals surface area (Å²) >= 11 is 0. The fraction of sp³-hybridized carbons (Fsp3) is 0.368. The molecular weight excluding hydrogens is 314 g/mol. The standard InChI is InChI=1S/C19H25N5O/c1-23-9-11-24(12-10-23)18-8-7-17(14-20-18)15-22-19(25)21-13-16-5-3-2-4-6-16/h2-8,14H,9-13,15H2,1H3,(H2,21,22,25). The van der Waals surface area contributed by atoms with Crippen LogP contribution in [0.4, 0.5) is 10.6 Å². The zero-order chi connectivity index (χ0) is 17.5. The first-order valence-corrected chi connectivity index (χ1v) is 8.65. The van der Waals surface area contributed by atoms with Gasteiger partial charge in [-0.1, -0.05) is 36.4 Å². The van der Waals surface area contributed by atoms with E-state index in [1.54, 1.807) is 0 Å². The van der Waals surface area contributed by atoms with Gasteiger partial charge in [-0.25, -0.2) is 9.78 Å². The van der Waals surface area contributed by atoms with E-state index in [4.69, 9.17) is 0 Å². The number of hydrogen-bond donors (Lipinski definition) is 2. The molecule has 1 aromatic carbocycles. The van der Waals surface area contributed by atoms with Gasteiger partial charge in [0.05, 0.1) is 0 Å². The normalized spacial score (nSPS) is 15.0. The fourth-order valence-electron chi connectivity index (χ4n) is 2.77. The fourth-order valence-corrected chi connectivity index (χ4v) is 2.77. The van der Waals surface area contributed by atoms with Crippen LogP contribution in [0.3, 0.4) is 0 Å².